The van der Waals surface area contributed by atoms with E-state index in [-0.39, 0.29) is 0 Å². The summed E-state index contributed by atoms with van der Waals surface area (Å²) < 4.78 is 11.6. The molecule has 8 heavy (non-hydrogen) atoms. The van der Waals surface area contributed by atoms with Gasteiger partial charge in [-0.2, -0.15) is 0 Å². The monoisotopic (exact) mass is 138 g/mol. The SMILES string of the molecule is O=C(O)C(F)C(=O)S. The van der Waals surface area contributed by atoms with Gasteiger partial charge in [-0.05, 0) is 0 Å². The van der Waals surface area contributed by atoms with Gasteiger partial charge in [0.05, 0.1) is 0 Å². The maximum Gasteiger partial charge on any atom is 0.347 e. The molecule has 0 amide bonds. The Hall–Kier alpha value is -0.580. The Morgan fingerprint density at radius 3 is 2.00 bits per heavy atom. The molecule has 0 spiro atoms. The Balaban J connectivity index is 3.83. The number of thiol groups is 1. The maximum absolute atomic E-state index is 11.6. The standard InChI is InChI=1S/C3H3FO3S/c4-1(2(5)6)3(7)8/h1H,(H,5,6)(H,7,8). The summed E-state index contributed by atoms with van der Waals surface area (Å²) in [7, 11) is 0. The summed E-state index contributed by atoms with van der Waals surface area (Å²) in [5.74, 6) is -1.80. The van der Waals surface area contributed by atoms with Gasteiger partial charge < -0.3 is 5.11 Å². The van der Waals surface area contributed by atoms with Crippen LogP contribution in [0.15, 0.2) is 0 Å². The van der Waals surface area contributed by atoms with Crippen molar-refractivity contribution in [2.45, 2.75) is 6.17 Å². The molecule has 3 nitrogen and oxygen atoms in total. The van der Waals surface area contributed by atoms with Crippen LogP contribution in [0, 0.1) is 0 Å². The summed E-state index contributed by atoms with van der Waals surface area (Å²) >= 11 is 2.94. The predicted molar refractivity (Wildman–Crippen MR) is 26.5 cm³/mol. The first-order valence-electron chi connectivity index (χ1n) is 1.65. The Bertz CT molecular complexity index is 110. The third-order valence-corrected chi connectivity index (χ3v) is 0.660. The summed E-state index contributed by atoms with van der Waals surface area (Å²) in [6.45, 7) is 0. The average molecular weight is 138 g/mol. The third kappa shape index (κ3) is 1.92. The molecule has 0 aliphatic carbocycles. The summed E-state index contributed by atoms with van der Waals surface area (Å²) in [6, 6.07) is 0. The molecule has 1 N–H and O–H groups in total. The molecule has 1 unspecified atom stereocenters. The van der Waals surface area contributed by atoms with E-state index >= 15 is 0 Å². The molecule has 0 aromatic heterocycles. The number of carboxylic acid groups (broad SMARTS) is 1. The van der Waals surface area contributed by atoms with Gasteiger partial charge in [-0.1, -0.05) is 0 Å². The van der Waals surface area contributed by atoms with E-state index in [1.807, 2.05) is 0 Å². The number of aliphatic carboxylic acids is 1. The largest absolute Gasteiger partial charge is 0.479 e. The van der Waals surface area contributed by atoms with Crippen molar-refractivity contribution in [2.24, 2.45) is 0 Å². The van der Waals surface area contributed by atoms with Crippen molar-refractivity contribution in [1.82, 2.24) is 0 Å². The van der Waals surface area contributed by atoms with Gasteiger partial charge in [0.2, 0.25) is 5.12 Å². The molecule has 0 aromatic rings. The molecule has 0 heterocycles. The number of halogens is 1. The fourth-order valence-corrected chi connectivity index (χ4v) is 0.216. The van der Waals surface area contributed by atoms with Crippen LogP contribution in [0.2, 0.25) is 0 Å². The van der Waals surface area contributed by atoms with E-state index in [0.717, 1.165) is 0 Å². The molecule has 46 valence electrons. The highest BCUT2D eigenvalue weighted by Crippen LogP contribution is 1.94. The molecule has 0 saturated carbocycles. The molecule has 1 atom stereocenters. The molecule has 0 radical (unpaired) electrons. The molecular weight excluding hydrogens is 135 g/mol. The van der Waals surface area contributed by atoms with Crippen LogP contribution in [0.5, 0.6) is 0 Å². The zero-order valence-electron chi connectivity index (χ0n) is 3.67. The minimum atomic E-state index is -2.49. The van der Waals surface area contributed by atoms with Gasteiger partial charge in [-0.25, -0.2) is 9.18 Å². The van der Waals surface area contributed by atoms with Crippen LogP contribution in [0.3, 0.4) is 0 Å². The molecule has 0 saturated heterocycles. The van der Waals surface area contributed by atoms with Crippen LogP contribution < -0.4 is 0 Å². The van der Waals surface area contributed by atoms with Gasteiger partial charge in [0.15, 0.2) is 0 Å². The van der Waals surface area contributed by atoms with Gasteiger partial charge in [0.25, 0.3) is 6.17 Å². The first-order chi connectivity index (χ1) is 3.55. The lowest BCUT2D eigenvalue weighted by atomic mass is 10.4. The van der Waals surface area contributed by atoms with Crippen molar-refractivity contribution in [1.29, 1.82) is 0 Å². The molecule has 5 heteroatoms. The average Bonchev–Trinajstić information content (AvgIpc) is 1.64. The molecule has 0 aliphatic rings. The number of carbonyl (C=O) groups is 2. The second-order valence-electron chi connectivity index (χ2n) is 1.04. The highest BCUT2D eigenvalue weighted by Gasteiger charge is 2.21. The fraction of sp³-hybridized carbons (Fsp3) is 0.333. The van der Waals surface area contributed by atoms with Crippen LogP contribution in [0.25, 0.3) is 0 Å². The third-order valence-electron chi connectivity index (χ3n) is 0.434. The second-order valence-corrected chi connectivity index (χ2v) is 1.48. The summed E-state index contributed by atoms with van der Waals surface area (Å²) in [5, 5.41) is 6.43. The molecular formula is C3H3FO3S. The predicted octanol–water partition coefficient (Wildman–Crippen LogP) is -0.134. The van der Waals surface area contributed by atoms with Crippen LogP contribution in [-0.2, 0) is 9.59 Å². The van der Waals surface area contributed by atoms with E-state index in [2.05, 4.69) is 12.6 Å². The van der Waals surface area contributed by atoms with Crippen LogP contribution in [0.4, 0.5) is 4.39 Å². The van der Waals surface area contributed by atoms with Gasteiger partial charge in [-0.15, -0.1) is 12.6 Å². The Labute approximate surface area is 49.9 Å². The van der Waals surface area contributed by atoms with E-state index in [1.165, 1.54) is 0 Å². The topological polar surface area (TPSA) is 54.4 Å². The van der Waals surface area contributed by atoms with Crippen LogP contribution in [-0.4, -0.2) is 22.4 Å². The number of rotatable bonds is 2. The Kier molecular flexibility index (Phi) is 2.47. The zero-order chi connectivity index (χ0) is 6.73. The molecule has 0 bridgehead atoms. The van der Waals surface area contributed by atoms with Crippen molar-refractivity contribution < 1.29 is 19.1 Å². The van der Waals surface area contributed by atoms with Gasteiger partial charge >= 0.3 is 5.97 Å². The smallest absolute Gasteiger partial charge is 0.347 e. The first-order valence-corrected chi connectivity index (χ1v) is 2.10. The zero-order valence-corrected chi connectivity index (χ0v) is 4.56. The van der Waals surface area contributed by atoms with E-state index in [9.17, 15) is 14.0 Å². The normalized spacial score (nSPS) is 12.8. The highest BCUT2D eigenvalue weighted by molar-refractivity contribution is 7.96. The lowest BCUT2D eigenvalue weighted by Crippen LogP contribution is -2.20. The number of hydrogen-bond acceptors (Lipinski definition) is 2. The minimum Gasteiger partial charge on any atom is -0.479 e. The second kappa shape index (κ2) is 2.66. The molecule has 0 rings (SSSR count). The van der Waals surface area contributed by atoms with Crippen molar-refractivity contribution >= 4 is 23.7 Å². The summed E-state index contributed by atoms with van der Waals surface area (Å²) in [6.07, 6.45) is -2.49. The van der Waals surface area contributed by atoms with E-state index in [4.69, 9.17) is 5.11 Å². The maximum atomic E-state index is 11.6. The molecule has 0 aliphatic heterocycles. The lowest BCUT2D eigenvalue weighted by molar-refractivity contribution is -0.145. The lowest BCUT2D eigenvalue weighted by Gasteiger charge is -1.91. The Morgan fingerprint density at radius 2 is 2.00 bits per heavy atom. The van der Waals surface area contributed by atoms with Gasteiger partial charge in [-0.3, -0.25) is 4.79 Å². The van der Waals surface area contributed by atoms with Gasteiger partial charge in [0.1, 0.15) is 0 Å². The first kappa shape index (κ1) is 7.42. The number of carbonyl (C=O) groups excluding carboxylic acids is 1. The Morgan fingerprint density at radius 1 is 1.62 bits per heavy atom. The van der Waals surface area contributed by atoms with Crippen molar-refractivity contribution in [3.8, 4) is 0 Å². The van der Waals surface area contributed by atoms with E-state index < -0.39 is 17.3 Å². The van der Waals surface area contributed by atoms with Crippen LogP contribution in [0.1, 0.15) is 0 Å². The van der Waals surface area contributed by atoms with Crippen molar-refractivity contribution in [3.63, 3.8) is 0 Å². The highest BCUT2D eigenvalue weighted by atomic mass is 32.1. The summed E-state index contributed by atoms with van der Waals surface area (Å²) in [5.41, 5.74) is 0. The van der Waals surface area contributed by atoms with Crippen molar-refractivity contribution in [3.05, 3.63) is 0 Å². The number of hydrogen-bond donors (Lipinski definition) is 2. The van der Waals surface area contributed by atoms with Crippen LogP contribution >= 0.6 is 12.6 Å². The summed E-state index contributed by atoms with van der Waals surface area (Å²) in [4.78, 5) is 19.2. The molecule has 0 aromatic carbocycles. The molecule has 0 fully saturated rings. The minimum absolute atomic E-state index is 1.28. The quantitative estimate of drug-likeness (QED) is 0.412. The fourth-order valence-electron chi connectivity index (χ4n) is 0.106. The van der Waals surface area contributed by atoms with Gasteiger partial charge in [0, 0.05) is 0 Å². The van der Waals surface area contributed by atoms with E-state index in [0.29, 0.717) is 0 Å². The number of carboxylic acids is 1. The number of alkyl halides is 1. The van der Waals surface area contributed by atoms with E-state index in [1.54, 1.807) is 0 Å². The van der Waals surface area contributed by atoms with Crippen molar-refractivity contribution in [2.75, 3.05) is 0 Å².